The zero-order valence-corrected chi connectivity index (χ0v) is 18.1. The van der Waals surface area contributed by atoms with Gasteiger partial charge in [-0.1, -0.05) is 50.2 Å². The molecule has 0 unspecified atom stereocenters. The minimum atomic E-state index is -0.677. The van der Waals surface area contributed by atoms with Crippen LogP contribution in [0.15, 0.2) is 54.6 Å². The zero-order chi connectivity index (χ0) is 22.1. The average Bonchev–Trinajstić information content (AvgIpc) is 2.73. The van der Waals surface area contributed by atoms with Crippen LogP contribution in [0, 0.1) is 5.92 Å². The molecule has 6 heteroatoms. The zero-order valence-electron chi connectivity index (χ0n) is 18.1. The smallest absolute Gasteiger partial charge is 0.253 e. The van der Waals surface area contributed by atoms with Crippen molar-refractivity contribution in [2.45, 2.75) is 40.2 Å². The molecule has 0 aromatic heterocycles. The van der Waals surface area contributed by atoms with Gasteiger partial charge in [-0.15, -0.1) is 0 Å². The highest BCUT2D eigenvalue weighted by Gasteiger charge is 2.24. The first-order valence-corrected chi connectivity index (χ1v) is 10.4. The minimum absolute atomic E-state index is 0.0762. The summed E-state index contributed by atoms with van der Waals surface area (Å²) < 4.78 is 0. The number of hydrogen-bond donors (Lipinski definition) is 2. The van der Waals surface area contributed by atoms with Crippen molar-refractivity contribution < 1.29 is 14.4 Å². The second-order valence-corrected chi connectivity index (χ2v) is 7.50. The van der Waals surface area contributed by atoms with Gasteiger partial charge in [0.25, 0.3) is 5.91 Å². The van der Waals surface area contributed by atoms with Crippen LogP contribution in [0.1, 0.15) is 43.6 Å². The first kappa shape index (κ1) is 23.1. The number of hydrogen-bond acceptors (Lipinski definition) is 3. The van der Waals surface area contributed by atoms with E-state index in [0.29, 0.717) is 24.3 Å². The Morgan fingerprint density at radius 1 is 0.933 bits per heavy atom. The third kappa shape index (κ3) is 6.44. The maximum Gasteiger partial charge on any atom is 0.253 e. The van der Waals surface area contributed by atoms with E-state index in [4.69, 9.17) is 0 Å². The van der Waals surface area contributed by atoms with E-state index in [-0.39, 0.29) is 30.1 Å². The van der Waals surface area contributed by atoms with Gasteiger partial charge in [0.1, 0.15) is 6.04 Å². The lowest BCUT2D eigenvalue weighted by molar-refractivity contribution is -0.127. The number of benzene rings is 2. The summed E-state index contributed by atoms with van der Waals surface area (Å²) in [6, 6.07) is 15.6. The van der Waals surface area contributed by atoms with E-state index in [9.17, 15) is 14.4 Å². The van der Waals surface area contributed by atoms with Gasteiger partial charge in [-0.25, -0.2) is 0 Å². The van der Waals surface area contributed by atoms with Gasteiger partial charge >= 0.3 is 0 Å². The molecule has 0 saturated heterocycles. The van der Waals surface area contributed by atoms with Crippen molar-refractivity contribution in [1.82, 2.24) is 10.2 Å². The van der Waals surface area contributed by atoms with E-state index in [1.807, 2.05) is 58.0 Å². The lowest BCUT2D eigenvalue weighted by atomic mass is 10.0. The number of amides is 3. The molecule has 0 radical (unpaired) electrons. The van der Waals surface area contributed by atoms with Gasteiger partial charge < -0.3 is 15.5 Å². The van der Waals surface area contributed by atoms with Crippen LogP contribution in [0.4, 0.5) is 5.69 Å². The molecule has 2 N–H and O–H groups in total. The van der Waals surface area contributed by atoms with Crippen LogP contribution >= 0.6 is 0 Å². The van der Waals surface area contributed by atoms with E-state index in [1.54, 1.807) is 29.2 Å². The molecule has 3 amide bonds. The molecule has 0 aliphatic rings. The Hall–Kier alpha value is -3.15. The fraction of sp³-hybridized carbons (Fsp3) is 0.375. The standard InChI is InChI=1S/C24H31N3O3/c1-5-27(6-2)24(30)19-13-10-14-20(16-19)25-23(29)22(17(3)4)26-21(28)15-18-11-8-7-9-12-18/h7-14,16-17,22H,5-6,15H2,1-4H3,(H,25,29)(H,26,28)/t22-/m1/s1. The predicted octanol–water partition coefficient (Wildman–Crippen LogP) is 3.49. The highest BCUT2D eigenvalue weighted by Crippen LogP contribution is 2.15. The highest BCUT2D eigenvalue weighted by atomic mass is 16.2. The van der Waals surface area contributed by atoms with Crippen molar-refractivity contribution in [3.05, 3.63) is 65.7 Å². The van der Waals surface area contributed by atoms with Gasteiger partial charge in [0, 0.05) is 24.3 Å². The van der Waals surface area contributed by atoms with E-state index in [1.165, 1.54) is 0 Å². The van der Waals surface area contributed by atoms with Crippen LogP contribution < -0.4 is 10.6 Å². The molecule has 0 spiro atoms. The Morgan fingerprint density at radius 2 is 1.60 bits per heavy atom. The van der Waals surface area contributed by atoms with Crippen molar-refractivity contribution in [2.24, 2.45) is 5.92 Å². The maximum atomic E-state index is 12.8. The second-order valence-electron chi connectivity index (χ2n) is 7.50. The molecule has 6 nitrogen and oxygen atoms in total. The molecule has 0 aliphatic carbocycles. The molecule has 1 atom stereocenters. The fourth-order valence-corrected chi connectivity index (χ4v) is 3.18. The highest BCUT2D eigenvalue weighted by molar-refractivity contribution is 6.00. The van der Waals surface area contributed by atoms with Crippen LogP contribution in [-0.4, -0.2) is 41.8 Å². The number of anilines is 1. The Balaban J connectivity index is 2.07. The Morgan fingerprint density at radius 3 is 2.20 bits per heavy atom. The van der Waals surface area contributed by atoms with Crippen molar-refractivity contribution in [2.75, 3.05) is 18.4 Å². The fourth-order valence-electron chi connectivity index (χ4n) is 3.18. The van der Waals surface area contributed by atoms with Gasteiger partial charge in [0.05, 0.1) is 6.42 Å². The average molecular weight is 410 g/mol. The normalized spacial score (nSPS) is 11.6. The molecule has 2 aromatic carbocycles. The molecular weight excluding hydrogens is 378 g/mol. The van der Waals surface area contributed by atoms with Crippen molar-refractivity contribution in [3.8, 4) is 0 Å². The maximum absolute atomic E-state index is 12.8. The molecule has 0 saturated carbocycles. The molecule has 2 aromatic rings. The summed E-state index contributed by atoms with van der Waals surface area (Å²) in [7, 11) is 0. The molecule has 2 rings (SSSR count). The summed E-state index contributed by atoms with van der Waals surface area (Å²) in [5.74, 6) is -0.683. The van der Waals surface area contributed by atoms with E-state index in [2.05, 4.69) is 10.6 Å². The lowest BCUT2D eigenvalue weighted by Crippen LogP contribution is -2.47. The Labute approximate surface area is 178 Å². The Kier molecular flexibility index (Phi) is 8.59. The summed E-state index contributed by atoms with van der Waals surface area (Å²) in [6.45, 7) is 8.86. The Bertz CT molecular complexity index is 861. The van der Waals surface area contributed by atoms with Crippen LogP contribution in [0.25, 0.3) is 0 Å². The summed E-state index contributed by atoms with van der Waals surface area (Å²) >= 11 is 0. The van der Waals surface area contributed by atoms with E-state index in [0.717, 1.165) is 5.56 Å². The molecule has 160 valence electrons. The van der Waals surface area contributed by atoms with Gasteiger partial charge in [-0.3, -0.25) is 14.4 Å². The number of carbonyl (C=O) groups is 3. The topological polar surface area (TPSA) is 78.5 Å². The number of nitrogens with one attached hydrogen (secondary N) is 2. The predicted molar refractivity (Wildman–Crippen MR) is 119 cm³/mol. The third-order valence-electron chi connectivity index (χ3n) is 4.90. The molecule has 0 bridgehead atoms. The lowest BCUT2D eigenvalue weighted by Gasteiger charge is -2.22. The third-order valence-corrected chi connectivity index (χ3v) is 4.90. The quantitative estimate of drug-likeness (QED) is 0.665. The van der Waals surface area contributed by atoms with E-state index >= 15 is 0 Å². The first-order chi connectivity index (χ1) is 14.3. The van der Waals surface area contributed by atoms with Crippen molar-refractivity contribution in [1.29, 1.82) is 0 Å². The van der Waals surface area contributed by atoms with Crippen molar-refractivity contribution >= 4 is 23.4 Å². The molecule has 0 fully saturated rings. The summed E-state index contributed by atoms with van der Waals surface area (Å²) in [6.07, 6.45) is 0.213. The van der Waals surface area contributed by atoms with E-state index < -0.39 is 6.04 Å². The van der Waals surface area contributed by atoms with Crippen LogP contribution in [-0.2, 0) is 16.0 Å². The molecule has 30 heavy (non-hydrogen) atoms. The van der Waals surface area contributed by atoms with Crippen LogP contribution in [0.3, 0.4) is 0 Å². The first-order valence-electron chi connectivity index (χ1n) is 10.4. The van der Waals surface area contributed by atoms with Crippen LogP contribution in [0.2, 0.25) is 0 Å². The molecular formula is C24H31N3O3. The van der Waals surface area contributed by atoms with Gasteiger partial charge in [-0.2, -0.15) is 0 Å². The van der Waals surface area contributed by atoms with Gasteiger partial charge in [-0.05, 0) is 43.5 Å². The number of carbonyl (C=O) groups excluding carboxylic acids is 3. The van der Waals surface area contributed by atoms with Crippen molar-refractivity contribution in [3.63, 3.8) is 0 Å². The monoisotopic (exact) mass is 409 g/mol. The molecule has 0 heterocycles. The second kappa shape index (κ2) is 11.1. The summed E-state index contributed by atoms with van der Waals surface area (Å²) in [5, 5.41) is 5.67. The SMILES string of the molecule is CCN(CC)C(=O)c1cccc(NC(=O)[C@H](NC(=O)Cc2ccccc2)C(C)C)c1. The molecule has 0 aliphatic heterocycles. The van der Waals surface area contributed by atoms with Gasteiger partial charge in [0.2, 0.25) is 11.8 Å². The largest absolute Gasteiger partial charge is 0.344 e. The number of nitrogens with zero attached hydrogens (tertiary/aromatic N) is 1. The minimum Gasteiger partial charge on any atom is -0.344 e. The summed E-state index contributed by atoms with van der Waals surface area (Å²) in [5.41, 5.74) is 1.94. The van der Waals surface area contributed by atoms with Crippen LogP contribution in [0.5, 0.6) is 0 Å². The number of rotatable bonds is 9. The summed E-state index contributed by atoms with van der Waals surface area (Å²) in [4.78, 5) is 39.6. The van der Waals surface area contributed by atoms with Gasteiger partial charge in [0.15, 0.2) is 0 Å².